The molecule has 1 fully saturated rings. The van der Waals surface area contributed by atoms with Crippen molar-refractivity contribution < 1.29 is 0 Å². The number of hydrogen-bond donors (Lipinski definition) is 1. The molecule has 1 aromatic rings. The number of hydrogen-bond acceptors (Lipinski definition) is 2. The highest BCUT2D eigenvalue weighted by Gasteiger charge is 2.23. The molecule has 2 heteroatoms. The van der Waals surface area contributed by atoms with Gasteiger partial charge in [-0.25, -0.2) is 0 Å². The third kappa shape index (κ3) is 4.61. The van der Waals surface area contributed by atoms with Crippen LogP contribution in [0.25, 0.3) is 0 Å². The lowest BCUT2D eigenvalue weighted by atomic mass is 9.82. The average molecular weight is 279 g/mol. The second-order valence-electron chi connectivity index (χ2n) is 5.88. The zero-order valence-corrected chi connectivity index (χ0v) is 13.4. The van der Waals surface area contributed by atoms with Gasteiger partial charge in [0.25, 0.3) is 0 Å². The van der Waals surface area contributed by atoms with Gasteiger partial charge in [-0.3, -0.25) is 0 Å². The molecular formula is C17H29NS. The first kappa shape index (κ1) is 15.1. The maximum Gasteiger partial charge on any atom is 0.0144 e. The number of nitrogens with one attached hydrogen (secondary N) is 1. The van der Waals surface area contributed by atoms with Crippen LogP contribution < -0.4 is 5.32 Å². The van der Waals surface area contributed by atoms with Gasteiger partial charge in [0.1, 0.15) is 0 Å². The summed E-state index contributed by atoms with van der Waals surface area (Å²) in [6, 6.07) is 5.38. The lowest BCUT2D eigenvalue weighted by Crippen LogP contribution is -2.39. The van der Waals surface area contributed by atoms with E-state index in [1.807, 2.05) is 11.3 Å². The van der Waals surface area contributed by atoms with Crippen LogP contribution in [0.3, 0.4) is 0 Å². The quantitative estimate of drug-likeness (QED) is 0.756. The normalized spacial score (nSPS) is 18.6. The van der Waals surface area contributed by atoms with Crippen molar-refractivity contribution in [2.75, 3.05) is 6.54 Å². The maximum absolute atomic E-state index is 3.82. The summed E-state index contributed by atoms with van der Waals surface area (Å²) in [7, 11) is 0. The Morgan fingerprint density at radius 2 is 1.89 bits per heavy atom. The van der Waals surface area contributed by atoms with Crippen LogP contribution in [0.2, 0.25) is 0 Å². The zero-order valence-electron chi connectivity index (χ0n) is 12.6. The summed E-state index contributed by atoms with van der Waals surface area (Å²) in [6.07, 6.45) is 10.9. The SMILES string of the molecule is CCCNC(Cc1ccc(CC)s1)C1CCCCC1. The van der Waals surface area contributed by atoms with E-state index in [4.69, 9.17) is 0 Å². The molecule has 1 N–H and O–H groups in total. The molecule has 2 rings (SSSR count). The minimum atomic E-state index is 0.712. The van der Waals surface area contributed by atoms with E-state index in [0.29, 0.717) is 6.04 Å². The number of rotatable bonds is 7. The molecule has 1 nitrogen and oxygen atoms in total. The molecule has 108 valence electrons. The van der Waals surface area contributed by atoms with Gasteiger partial charge in [0.05, 0.1) is 0 Å². The highest BCUT2D eigenvalue weighted by Crippen LogP contribution is 2.29. The average Bonchev–Trinajstić information content (AvgIpc) is 2.92. The van der Waals surface area contributed by atoms with Gasteiger partial charge < -0.3 is 5.32 Å². The fraction of sp³-hybridized carbons (Fsp3) is 0.765. The molecule has 19 heavy (non-hydrogen) atoms. The molecule has 1 aliphatic rings. The molecule has 1 atom stereocenters. The Bertz CT molecular complexity index is 352. The van der Waals surface area contributed by atoms with Gasteiger partial charge in [0, 0.05) is 15.8 Å². The summed E-state index contributed by atoms with van der Waals surface area (Å²) < 4.78 is 0. The molecular weight excluding hydrogens is 250 g/mol. The Labute approximate surface area is 122 Å². The van der Waals surface area contributed by atoms with E-state index in [2.05, 4.69) is 31.3 Å². The molecule has 1 heterocycles. The fourth-order valence-electron chi connectivity index (χ4n) is 3.21. The largest absolute Gasteiger partial charge is 0.313 e. The number of thiophene rings is 1. The summed E-state index contributed by atoms with van der Waals surface area (Å²) in [5.74, 6) is 0.910. The molecule has 0 aliphatic heterocycles. The van der Waals surface area contributed by atoms with E-state index < -0.39 is 0 Å². The van der Waals surface area contributed by atoms with Crippen LogP contribution in [0.4, 0.5) is 0 Å². The molecule has 1 aliphatic carbocycles. The van der Waals surface area contributed by atoms with Gasteiger partial charge >= 0.3 is 0 Å². The fourth-order valence-corrected chi connectivity index (χ4v) is 4.23. The van der Waals surface area contributed by atoms with Gasteiger partial charge in [-0.2, -0.15) is 0 Å². The van der Waals surface area contributed by atoms with Gasteiger partial charge in [-0.05, 0) is 56.7 Å². The second kappa shape index (κ2) is 8.06. The van der Waals surface area contributed by atoms with Crippen LogP contribution >= 0.6 is 11.3 Å². The van der Waals surface area contributed by atoms with E-state index in [9.17, 15) is 0 Å². The Balaban J connectivity index is 1.95. The van der Waals surface area contributed by atoms with Crippen LogP contribution in [0.1, 0.15) is 62.1 Å². The predicted octanol–water partition coefficient (Wildman–Crippen LogP) is 4.80. The first-order valence-corrected chi connectivity index (χ1v) is 8.96. The van der Waals surface area contributed by atoms with Gasteiger partial charge in [0.15, 0.2) is 0 Å². The van der Waals surface area contributed by atoms with E-state index in [-0.39, 0.29) is 0 Å². The van der Waals surface area contributed by atoms with Crippen LogP contribution in [-0.4, -0.2) is 12.6 Å². The van der Waals surface area contributed by atoms with E-state index >= 15 is 0 Å². The van der Waals surface area contributed by atoms with E-state index in [1.54, 1.807) is 4.88 Å². The lowest BCUT2D eigenvalue weighted by Gasteiger charge is -2.31. The first-order valence-electron chi connectivity index (χ1n) is 8.14. The number of aryl methyl sites for hydroxylation is 1. The molecule has 1 unspecified atom stereocenters. The van der Waals surface area contributed by atoms with Crippen LogP contribution in [0.15, 0.2) is 12.1 Å². The molecule has 1 saturated carbocycles. The second-order valence-corrected chi connectivity index (χ2v) is 7.14. The van der Waals surface area contributed by atoms with Gasteiger partial charge in [0.2, 0.25) is 0 Å². The zero-order chi connectivity index (χ0) is 13.5. The van der Waals surface area contributed by atoms with Crippen molar-refractivity contribution in [1.29, 1.82) is 0 Å². The summed E-state index contributed by atoms with van der Waals surface area (Å²) >= 11 is 2.02. The molecule has 0 amide bonds. The molecule has 1 aromatic heterocycles. The summed E-state index contributed by atoms with van der Waals surface area (Å²) in [5, 5.41) is 3.82. The predicted molar refractivity (Wildman–Crippen MR) is 86.1 cm³/mol. The summed E-state index contributed by atoms with van der Waals surface area (Å²) in [4.78, 5) is 3.11. The van der Waals surface area contributed by atoms with Crippen molar-refractivity contribution in [3.63, 3.8) is 0 Å². The van der Waals surface area contributed by atoms with Gasteiger partial charge in [-0.1, -0.05) is 33.1 Å². The molecule has 0 radical (unpaired) electrons. The van der Waals surface area contributed by atoms with Crippen molar-refractivity contribution in [2.45, 2.75) is 71.3 Å². The van der Waals surface area contributed by atoms with Crippen molar-refractivity contribution in [3.05, 3.63) is 21.9 Å². The van der Waals surface area contributed by atoms with Crippen LogP contribution in [0, 0.1) is 5.92 Å². The molecule has 0 spiro atoms. The standard InChI is InChI=1S/C17H29NS/c1-3-12-18-17(14-8-6-5-7-9-14)13-16-11-10-15(4-2)19-16/h10-11,14,17-18H,3-9,12-13H2,1-2H3. The minimum Gasteiger partial charge on any atom is -0.313 e. The molecule has 0 aromatic carbocycles. The molecule has 0 saturated heterocycles. The maximum atomic E-state index is 3.82. The Morgan fingerprint density at radius 3 is 2.53 bits per heavy atom. The Morgan fingerprint density at radius 1 is 1.16 bits per heavy atom. The van der Waals surface area contributed by atoms with Crippen molar-refractivity contribution in [1.82, 2.24) is 5.32 Å². The first-order chi connectivity index (χ1) is 9.33. The third-order valence-electron chi connectivity index (χ3n) is 4.36. The smallest absolute Gasteiger partial charge is 0.0144 e. The Hall–Kier alpha value is -0.340. The van der Waals surface area contributed by atoms with Crippen LogP contribution in [-0.2, 0) is 12.8 Å². The van der Waals surface area contributed by atoms with Gasteiger partial charge in [-0.15, -0.1) is 11.3 Å². The lowest BCUT2D eigenvalue weighted by molar-refractivity contribution is 0.268. The third-order valence-corrected chi connectivity index (χ3v) is 5.61. The van der Waals surface area contributed by atoms with Crippen molar-refractivity contribution in [3.8, 4) is 0 Å². The Kier molecular flexibility index (Phi) is 6.39. The van der Waals surface area contributed by atoms with E-state index in [1.165, 1.54) is 62.8 Å². The van der Waals surface area contributed by atoms with E-state index in [0.717, 1.165) is 5.92 Å². The van der Waals surface area contributed by atoms with Crippen molar-refractivity contribution >= 4 is 11.3 Å². The van der Waals surface area contributed by atoms with Crippen LogP contribution in [0.5, 0.6) is 0 Å². The topological polar surface area (TPSA) is 12.0 Å². The highest BCUT2D eigenvalue weighted by atomic mass is 32.1. The molecule has 0 bridgehead atoms. The van der Waals surface area contributed by atoms with Crippen molar-refractivity contribution in [2.24, 2.45) is 5.92 Å². The minimum absolute atomic E-state index is 0.712. The highest BCUT2D eigenvalue weighted by molar-refractivity contribution is 7.11. The summed E-state index contributed by atoms with van der Waals surface area (Å²) in [5.41, 5.74) is 0. The monoisotopic (exact) mass is 279 g/mol. The summed E-state index contributed by atoms with van der Waals surface area (Å²) in [6.45, 7) is 5.70.